The van der Waals surface area contributed by atoms with Gasteiger partial charge in [0.15, 0.2) is 0 Å². The molecule has 0 aromatic carbocycles. The highest BCUT2D eigenvalue weighted by Crippen LogP contribution is 2.04. The Kier molecular flexibility index (Phi) is 13.2. The lowest BCUT2D eigenvalue weighted by Gasteiger charge is -2.04. The molecule has 0 saturated carbocycles. The molecule has 0 spiro atoms. The Labute approximate surface area is 122 Å². The lowest BCUT2D eigenvalue weighted by Crippen LogP contribution is -2.07. The summed E-state index contributed by atoms with van der Waals surface area (Å²) in [5, 5.41) is 0. The van der Waals surface area contributed by atoms with Crippen LogP contribution in [0.25, 0.3) is 0 Å². The van der Waals surface area contributed by atoms with Crippen LogP contribution in [0.2, 0.25) is 0 Å². The van der Waals surface area contributed by atoms with Gasteiger partial charge in [0.1, 0.15) is 0 Å². The van der Waals surface area contributed by atoms with Crippen molar-refractivity contribution in [2.75, 3.05) is 13.2 Å². The second kappa shape index (κ2) is 14.1. The minimum Gasteiger partial charge on any atom is -0.466 e. The van der Waals surface area contributed by atoms with E-state index in [0.717, 1.165) is 25.7 Å². The Morgan fingerprint density at radius 2 is 1.45 bits per heavy atom. The van der Waals surface area contributed by atoms with Crippen molar-refractivity contribution >= 4 is 11.9 Å². The maximum Gasteiger partial charge on any atom is 0.305 e. The standard InChI is InChI=1S/C16H28O4/c1-3-5-7-10-14-20-16(18)12-9-8-11-15(17)19-13-6-4-2/h5,7H,3-4,6,8-14H2,1-2H3/b7-5-. The van der Waals surface area contributed by atoms with Gasteiger partial charge in [-0.25, -0.2) is 0 Å². The van der Waals surface area contributed by atoms with Crippen molar-refractivity contribution in [1.29, 1.82) is 0 Å². The van der Waals surface area contributed by atoms with Gasteiger partial charge >= 0.3 is 11.9 Å². The van der Waals surface area contributed by atoms with E-state index >= 15 is 0 Å². The Bertz CT molecular complexity index is 284. The molecule has 4 nitrogen and oxygen atoms in total. The number of ether oxygens (including phenoxy) is 2. The van der Waals surface area contributed by atoms with Crippen LogP contribution in [0.5, 0.6) is 0 Å². The number of carbonyl (C=O) groups is 2. The molecule has 0 aliphatic heterocycles. The van der Waals surface area contributed by atoms with E-state index in [4.69, 9.17) is 9.47 Å². The highest BCUT2D eigenvalue weighted by Gasteiger charge is 2.05. The number of unbranched alkanes of at least 4 members (excludes halogenated alkanes) is 2. The van der Waals surface area contributed by atoms with Crippen LogP contribution in [0.15, 0.2) is 12.2 Å². The molecule has 0 aliphatic carbocycles. The number of carbonyl (C=O) groups excluding carboxylic acids is 2. The van der Waals surface area contributed by atoms with Gasteiger partial charge in [-0.1, -0.05) is 32.4 Å². The van der Waals surface area contributed by atoms with Gasteiger partial charge in [0.2, 0.25) is 0 Å². The lowest BCUT2D eigenvalue weighted by molar-refractivity contribution is -0.145. The first-order valence-corrected chi connectivity index (χ1v) is 7.66. The Morgan fingerprint density at radius 3 is 2.00 bits per heavy atom. The molecule has 0 rings (SSSR count). The highest BCUT2D eigenvalue weighted by molar-refractivity contribution is 5.70. The number of esters is 2. The van der Waals surface area contributed by atoms with Crippen molar-refractivity contribution in [1.82, 2.24) is 0 Å². The van der Waals surface area contributed by atoms with Crippen molar-refractivity contribution < 1.29 is 19.1 Å². The molecule has 0 aromatic rings. The molecule has 0 atom stereocenters. The average molecular weight is 284 g/mol. The zero-order valence-corrected chi connectivity index (χ0v) is 12.9. The third-order valence-corrected chi connectivity index (χ3v) is 2.72. The fourth-order valence-corrected chi connectivity index (χ4v) is 1.54. The first-order valence-electron chi connectivity index (χ1n) is 7.66. The summed E-state index contributed by atoms with van der Waals surface area (Å²) in [7, 11) is 0. The maximum atomic E-state index is 11.4. The van der Waals surface area contributed by atoms with E-state index in [2.05, 4.69) is 19.9 Å². The predicted octanol–water partition coefficient (Wildman–Crippen LogP) is 3.79. The molecule has 0 saturated heterocycles. The van der Waals surface area contributed by atoms with Crippen LogP contribution in [0, 0.1) is 0 Å². The molecule has 0 N–H and O–H groups in total. The van der Waals surface area contributed by atoms with E-state index in [1.165, 1.54) is 0 Å². The van der Waals surface area contributed by atoms with E-state index in [1.54, 1.807) is 0 Å². The molecule has 0 fully saturated rings. The number of rotatable bonds is 12. The smallest absolute Gasteiger partial charge is 0.305 e. The van der Waals surface area contributed by atoms with Crippen molar-refractivity contribution in [3.63, 3.8) is 0 Å². The van der Waals surface area contributed by atoms with Crippen LogP contribution in [-0.2, 0) is 19.1 Å². The lowest BCUT2D eigenvalue weighted by atomic mass is 10.2. The molecule has 20 heavy (non-hydrogen) atoms. The van der Waals surface area contributed by atoms with Gasteiger partial charge in [0.25, 0.3) is 0 Å². The molecule has 4 heteroatoms. The summed E-state index contributed by atoms with van der Waals surface area (Å²) in [6.45, 7) is 5.06. The van der Waals surface area contributed by atoms with Crippen molar-refractivity contribution in [3.05, 3.63) is 12.2 Å². The van der Waals surface area contributed by atoms with E-state index in [-0.39, 0.29) is 11.9 Å². The normalized spacial score (nSPS) is 10.7. The van der Waals surface area contributed by atoms with Crippen molar-refractivity contribution in [2.45, 2.75) is 65.2 Å². The minimum absolute atomic E-state index is 0.170. The van der Waals surface area contributed by atoms with Crippen LogP contribution >= 0.6 is 0 Å². The highest BCUT2D eigenvalue weighted by atomic mass is 16.5. The molecule has 0 heterocycles. The van der Waals surface area contributed by atoms with E-state index < -0.39 is 0 Å². The van der Waals surface area contributed by atoms with Gasteiger partial charge in [-0.05, 0) is 32.1 Å². The molecule has 0 unspecified atom stereocenters. The Balaban J connectivity index is 3.38. The topological polar surface area (TPSA) is 52.6 Å². The largest absolute Gasteiger partial charge is 0.466 e. The molecule has 0 amide bonds. The van der Waals surface area contributed by atoms with Crippen LogP contribution in [-0.4, -0.2) is 25.2 Å². The quantitative estimate of drug-likeness (QED) is 0.311. The summed E-state index contributed by atoms with van der Waals surface area (Å²) in [6, 6.07) is 0. The fraction of sp³-hybridized carbons (Fsp3) is 0.750. The Hall–Kier alpha value is -1.32. The van der Waals surface area contributed by atoms with Gasteiger partial charge in [0.05, 0.1) is 13.2 Å². The Morgan fingerprint density at radius 1 is 0.850 bits per heavy atom. The van der Waals surface area contributed by atoms with Gasteiger partial charge in [-0.15, -0.1) is 0 Å². The number of hydrogen-bond donors (Lipinski definition) is 0. The third-order valence-electron chi connectivity index (χ3n) is 2.72. The summed E-state index contributed by atoms with van der Waals surface area (Å²) in [6.07, 6.45) is 9.87. The van der Waals surface area contributed by atoms with Crippen LogP contribution < -0.4 is 0 Å². The second-order valence-electron chi connectivity index (χ2n) is 4.67. The predicted molar refractivity (Wildman–Crippen MR) is 79.3 cm³/mol. The van der Waals surface area contributed by atoms with Gasteiger partial charge in [0, 0.05) is 12.8 Å². The van der Waals surface area contributed by atoms with E-state index in [9.17, 15) is 9.59 Å². The summed E-state index contributed by atoms with van der Waals surface area (Å²) >= 11 is 0. The SMILES string of the molecule is CC/C=C\CCOC(=O)CCCCC(=O)OCCCC. The molecular weight excluding hydrogens is 256 g/mol. The van der Waals surface area contributed by atoms with Crippen molar-refractivity contribution in [3.8, 4) is 0 Å². The fourth-order valence-electron chi connectivity index (χ4n) is 1.54. The summed E-state index contributed by atoms with van der Waals surface area (Å²) < 4.78 is 10.1. The van der Waals surface area contributed by atoms with Crippen LogP contribution in [0.1, 0.15) is 65.2 Å². The third kappa shape index (κ3) is 13.1. The number of allylic oxidation sites excluding steroid dienone is 1. The molecule has 0 aliphatic rings. The van der Waals surface area contributed by atoms with Crippen molar-refractivity contribution in [2.24, 2.45) is 0 Å². The summed E-state index contributed by atoms with van der Waals surface area (Å²) in [5.74, 6) is -0.356. The van der Waals surface area contributed by atoms with E-state index in [1.807, 2.05) is 6.08 Å². The minimum atomic E-state index is -0.186. The molecule has 0 bridgehead atoms. The maximum absolute atomic E-state index is 11.4. The molecule has 116 valence electrons. The zero-order valence-electron chi connectivity index (χ0n) is 12.9. The summed E-state index contributed by atoms with van der Waals surface area (Å²) in [5.41, 5.74) is 0. The van der Waals surface area contributed by atoms with Crippen LogP contribution in [0.4, 0.5) is 0 Å². The number of hydrogen-bond acceptors (Lipinski definition) is 4. The first kappa shape index (κ1) is 18.7. The van der Waals surface area contributed by atoms with Gasteiger partial charge in [-0.3, -0.25) is 9.59 Å². The zero-order chi connectivity index (χ0) is 15.1. The first-order chi connectivity index (χ1) is 9.70. The molecule has 0 radical (unpaired) electrons. The van der Waals surface area contributed by atoms with E-state index in [0.29, 0.717) is 38.9 Å². The molecular formula is C16H28O4. The monoisotopic (exact) mass is 284 g/mol. The molecule has 0 aromatic heterocycles. The average Bonchev–Trinajstić information content (AvgIpc) is 2.44. The summed E-state index contributed by atoms with van der Waals surface area (Å²) in [4.78, 5) is 22.7. The van der Waals surface area contributed by atoms with Gasteiger partial charge in [-0.2, -0.15) is 0 Å². The van der Waals surface area contributed by atoms with Gasteiger partial charge < -0.3 is 9.47 Å². The second-order valence-corrected chi connectivity index (χ2v) is 4.67. The van der Waals surface area contributed by atoms with Crippen LogP contribution in [0.3, 0.4) is 0 Å².